The zero-order chi connectivity index (χ0) is 18.3. The Hall–Kier alpha value is -2.45. The van der Waals surface area contributed by atoms with Crippen molar-refractivity contribution >= 4 is 15.9 Å². The quantitative estimate of drug-likeness (QED) is 0.745. The Morgan fingerprint density at radius 1 is 1.16 bits per heavy atom. The Balaban J connectivity index is 1.80. The summed E-state index contributed by atoms with van der Waals surface area (Å²) in [5.41, 5.74) is 1.03. The number of halogens is 1. The molecule has 0 fully saturated rings. The van der Waals surface area contributed by atoms with Gasteiger partial charge >= 0.3 is 0 Å². The largest absolute Gasteiger partial charge is 0.497 e. The number of sulfonamides is 1. The summed E-state index contributed by atoms with van der Waals surface area (Å²) in [6.45, 7) is 0.0785. The van der Waals surface area contributed by atoms with Gasteiger partial charge in [-0.3, -0.25) is 4.79 Å². The molecular weight excluding hydrogens is 347 g/mol. The van der Waals surface area contributed by atoms with E-state index in [4.69, 9.17) is 4.74 Å². The van der Waals surface area contributed by atoms with Crippen LogP contribution in [0.3, 0.4) is 0 Å². The highest BCUT2D eigenvalue weighted by Crippen LogP contribution is 2.12. The minimum Gasteiger partial charge on any atom is -0.497 e. The van der Waals surface area contributed by atoms with E-state index < -0.39 is 21.7 Å². The third kappa shape index (κ3) is 6.17. The lowest BCUT2D eigenvalue weighted by Crippen LogP contribution is -2.34. The second-order valence-electron chi connectivity index (χ2n) is 5.25. The fourth-order valence-corrected chi connectivity index (χ4v) is 2.95. The molecule has 0 heterocycles. The number of benzene rings is 2. The maximum Gasteiger partial charge on any atom is 0.251 e. The fourth-order valence-electron chi connectivity index (χ4n) is 2.05. The normalized spacial score (nSPS) is 11.1. The SMILES string of the molecule is COc1cccc(CNS(=O)(=O)CCNC(=O)c2ccc(F)cc2)c1. The van der Waals surface area contributed by atoms with Gasteiger partial charge in [0.25, 0.3) is 5.91 Å². The molecule has 0 atom stereocenters. The van der Waals surface area contributed by atoms with Crippen LogP contribution >= 0.6 is 0 Å². The molecule has 2 rings (SSSR count). The lowest BCUT2D eigenvalue weighted by atomic mass is 10.2. The summed E-state index contributed by atoms with van der Waals surface area (Å²) in [6.07, 6.45) is 0. The molecule has 0 aromatic heterocycles. The maximum atomic E-state index is 12.8. The number of carbonyl (C=O) groups is 1. The van der Waals surface area contributed by atoms with Gasteiger partial charge in [0.1, 0.15) is 11.6 Å². The minimum atomic E-state index is -3.55. The lowest BCUT2D eigenvalue weighted by molar-refractivity contribution is 0.0956. The summed E-state index contributed by atoms with van der Waals surface area (Å²) in [4.78, 5) is 11.8. The first-order chi connectivity index (χ1) is 11.9. The van der Waals surface area contributed by atoms with Crippen molar-refractivity contribution in [3.8, 4) is 5.75 Å². The summed E-state index contributed by atoms with van der Waals surface area (Å²) < 4.78 is 44.3. The van der Waals surface area contributed by atoms with Crippen LogP contribution in [0, 0.1) is 5.82 Å². The first-order valence-corrected chi connectivity index (χ1v) is 9.19. The monoisotopic (exact) mass is 366 g/mol. The summed E-state index contributed by atoms with van der Waals surface area (Å²) in [5.74, 6) is -0.517. The van der Waals surface area contributed by atoms with Crippen LogP contribution in [0.4, 0.5) is 4.39 Å². The van der Waals surface area contributed by atoms with E-state index in [1.807, 2.05) is 0 Å². The highest BCUT2D eigenvalue weighted by atomic mass is 32.2. The van der Waals surface area contributed by atoms with Gasteiger partial charge in [-0.05, 0) is 42.0 Å². The van der Waals surface area contributed by atoms with Gasteiger partial charge in [-0.25, -0.2) is 17.5 Å². The predicted octanol–water partition coefficient (Wildman–Crippen LogP) is 1.68. The molecule has 0 spiro atoms. The van der Waals surface area contributed by atoms with E-state index in [-0.39, 0.29) is 24.4 Å². The van der Waals surface area contributed by atoms with E-state index in [0.717, 1.165) is 5.56 Å². The minimum absolute atomic E-state index is 0.0519. The molecular formula is C17H19FN2O4S. The average molecular weight is 366 g/mol. The van der Waals surface area contributed by atoms with Gasteiger partial charge < -0.3 is 10.1 Å². The van der Waals surface area contributed by atoms with E-state index >= 15 is 0 Å². The van der Waals surface area contributed by atoms with Crippen LogP contribution in [0.25, 0.3) is 0 Å². The standard InChI is InChI=1S/C17H19FN2O4S/c1-24-16-4-2-3-13(11-16)12-20-25(22,23)10-9-19-17(21)14-5-7-15(18)8-6-14/h2-8,11,20H,9-10,12H2,1H3,(H,19,21). The zero-order valence-electron chi connectivity index (χ0n) is 13.7. The highest BCUT2D eigenvalue weighted by Gasteiger charge is 2.12. The van der Waals surface area contributed by atoms with Crippen molar-refractivity contribution in [1.82, 2.24) is 10.0 Å². The first-order valence-electron chi connectivity index (χ1n) is 7.54. The molecule has 2 N–H and O–H groups in total. The van der Waals surface area contributed by atoms with Crippen molar-refractivity contribution in [3.05, 3.63) is 65.5 Å². The number of methoxy groups -OCH3 is 1. The number of ether oxygens (including phenoxy) is 1. The van der Waals surface area contributed by atoms with E-state index in [0.29, 0.717) is 5.75 Å². The highest BCUT2D eigenvalue weighted by molar-refractivity contribution is 7.89. The molecule has 0 radical (unpaired) electrons. The molecule has 0 saturated heterocycles. The lowest BCUT2D eigenvalue weighted by Gasteiger charge is -2.09. The van der Waals surface area contributed by atoms with E-state index in [2.05, 4.69) is 10.0 Å². The van der Waals surface area contributed by atoms with Crippen molar-refractivity contribution in [2.75, 3.05) is 19.4 Å². The number of amides is 1. The fraction of sp³-hybridized carbons (Fsp3) is 0.235. The molecule has 0 unspecified atom stereocenters. The van der Waals surface area contributed by atoms with Crippen LogP contribution in [0.15, 0.2) is 48.5 Å². The summed E-state index contributed by atoms with van der Waals surface area (Å²) in [7, 11) is -2.01. The number of nitrogens with one attached hydrogen (secondary N) is 2. The Bertz CT molecular complexity index is 823. The molecule has 6 nitrogen and oxygen atoms in total. The van der Waals surface area contributed by atoms with Gasteiger partial charge in [-0.2, -0.15) is 0 Å². The molecule has 8 heteroatoms. The molecule has 0 aliphatic rings. The number of carbonyl (C=O) groups excluding carboxylic acids is 1. The third-order valence-corrected chi connectivity index (χ3v) is 4.72. The van der Waals surface area contributed by atoms with Crippen LogP contribution in [-0.4, -0.2) is 33.7 Å². The summed E-state index contributed by atoms with van der Waals surface area (Å²) >= 11 is 0. The van der Waals surface area contributed by atoms with Gasteiger partial charge in [0.2, 0.25) is 10.0 Å². The maximum absolute atomic E-state index is 12.8. The first kappa shape index (κ1) is 18.9. The van der Waals surface area contributed by atoms with Crippen molar-refractivity contribution in [2.24, 2.45) is 0 Å². The Morgan fingerprint density at radius 2 is 1.88 bits per heavy atom. The summed E-state index contributed by atoms with van der Waals surface area (Å²) in [5, 5.41) is 2.49. The molecule has 25 heavy (non-hydrogen) atoms. The van der Waals surface area contributed by atoms with E-state index in [9.17, 15) is 17.6 Å². The topological polar surface area (TPSA) is 84.5 Å². The number of rotatable bonds is 8. The second-order valence-corrected chi connectivity index (χ2v) is 7.18. The molecule has 0 aliphatic heterocycles. The van der Waals surface area contributed by atoms with E-state index in [1.165, 1.54) is 31.4 Å². The van der Waals surface area contributed by atoms with Gasteiger partial charge in [0.05, 0.1) is 12.9 Å². The van der Waals surface area contributed by atoms with Gasteiger partial charge in [-0.1, -0.05) is 12.1 Å². The molecule has 2 aromatic rings. The van der Waals surface area contributed by atoms with Crippen LogP contribution in [-0.2, 0) is 16.6 Å². The third-order valence-electron chi connectivity index (χ3n) is 3.39. The summed E-state index contributed by atoms with van der Waals surface area (Å²) in [6, 6.07) is 12.1. The Kier molecular flexibility index (Phi) is 6.49. The number of hydrogen-bond donors (Lipinski definition) is 2. The van der Waals surface area contributed by atoms with Gasteiger partial charge in [0, 0.05) is 18.7 Å². The molecule has 0 saturated carbocycles. The molecule has 1 amide bonds. The van der Waals surface area contributed by atoms with Crippen LogP contribution in [0.2, 0.25) is 0 Å². The van der Waals surface area contributed by atoms with Crippen molar-refractivity contribution in [2.45, 2.75) is 6.54 Å². The van der Waals surface area contributed by atoms with Crippen LogP contribution in [0.5, 0.6) is 5.75 Å². The van der Waals surface area contributed by atoms with Gasteiger partial charge in [0.15, 0.2) is 0 Å². The van der Waals surface area contributed by atoms with Gasteiger partial charge in [-0.15, -0.1) is 0 Å². The van der Waals surface area contributed by atoms with Crippen molar-refractivity contribution < 1.29 is 22.3 Å². The number of hydrogen-bond acceptors (Lipinski definition) is 4. The van der Waals surface area contributed by atoms with E-state index in [1.54, 1.807) is 24.3 Å². The molecule has 134 valence electrons. The molecule has 0 bridgehead atoms. The Labute approximate surface area is 146 Å². The van der Waals surface area contributed by atoms with Crippen LogP contribution < -0.4 is 14.8 Å². The molecule has 0 aliphatic carbocycles. The van der Waals surface area contributed by atoms with Crippen LogP contribution in [0.1, 0.15) is 15.9 Å². The zero-order valence-corrected chi connectivity index (χ0v) is 14.5. The van der Waals surface area contributed by atoms with Crippen molar-refractivity contribution in [1.29, 1.82) is 0 Å². The predicted molar refractivity (Wildman–Crippen MR) is 92.4 cm³/mol. The Morgan fingerprint density at radius 3 is 2.56 bits per heavy atom. The smallest absolute Gasteiger partial charge is 0.251 e. The second kappa shape index (κ2) is 8.59. The average Bonchev–Trinajstić information content (AvgIpc) is 2.60. The van der Waals surface area contributed by atoms with Crippen molar-refractivity contribution in [3.63, 3.8) is 0 Å². The molecule has 2 aromatic carbocycles.